The van der Waals surface area contributed by atoms with Crippen LogP contribution in [0.15, 0.2) is 54.3 Å². The first-order valence-electron chi connectivity index (χ1n) is 7.36. The molecule has 106 valence electrons. The number of para-hydroxylation sites is 1. The normalized spacial score (nSPS) is 23.9. The Morgan fingerprint density at radius 3 is 3.00 bits per heavy atom. The fourth-order valence-electron chi connectivity index (χ4n) is 2.64. The molecule has 0 radical (unpaired) electrons. The largest absolute Gasteiger partial charge is 0.494 e. The van der Waals surface area contributed by atoms with E-state index in [4.69, 9.17) is 9.47 Å². The van der Waals surface area contributed by atoms with Gasteiger partial charge in [-0.15, -0.1) is 0 Å². The first-order valence-corrected chi connectivity index (χ1v) is 7.36. The highest BCUT2D eigenvalue weighted by Crippen LogP contribution is 2.33. The SMILES string of the molecule is C1=CCC2CC(NCCCOc3ccccc3)OC2=C1. The minimum Gasteiger partial charge on any atom is -0.494 e. The molecule has 0 aromatic heterocycles. The summed E-state index contributed by atoms with van der Waals surface area (Å²) in [6.07, 6.45) is 9.74. The molecule has 3 nitrogen and oxygen atoms in total. The van der Waals surface area contributed by atoms with Crippen molar-refractivity contribution >= 4 is 0 Å². The average molecular weight is 271 g/mol. The van der Waals surface area contributed by atoms with Gasteiger partial charge in [0.05, 0.1) is 6.61 Å². The zero-order valence-electron chi connectivity index (χ0n) is 11.6. The lowest BCUT2D eigenvalue weighted by Crippen LogP contribution is -2.29. The first kappa shape index (κ1) is 13.3. The second-order valence-electron chi connectivity index (χ2n) is 5.24. The quantitative estimate of drug-likeness (QED) is 0.806. The Morgan fingerprint density at radius 2 is 2.15 bits per heavy atom. The lowest BCUT2D eigenvalue weighted by Gasteiger charge is -2.13. The third-order valence-corrected chi connectivity index (χ3v) is 3.70. The number of rotatable bonds is 6. The molecule has 1 N–H and O–H groups in total. The molecule has 1 heterocycles. The highest BCUT2D eigenvalue weighted by atomic mass is 16.5. The summed E-state index contributed by atoms with van der Waals surface area (Å²) in [5.74, 6) is 2.66. The Balaban J connectivity index is 1.31. The van der Waals surface area contributed by atoms with Gasteiger partial charge in [-0.2, -0.15) is 0 Å². The van der Waals surface area contributed by atoms with Crippen LogP contribution in [0.25, 0.3) is 0 Å². The maximum absolute atomic E-state index is 5.89. The minimum absolute atomic E-state index is 0.169. The number of allylic oxidation sites excluding steroid dienone is 4. The zero-order chi connectivity index (χ0) is 13.6. The maximum atomic E-state index is 5.89. The summed E-state index contributed by atoms with van der Waals surface area (Å²) >= 11 is 0. The molecule has 3 rings (SSSR count). The van der Waals surface area contributed by atoms with Gasteiger partial charge in [0.15, 0.2) is 0 Å². The standard InChI is InChI=1S/C17H21NO2/c1-2-8-15(9-3-1)19-12-6-11-18-17-13-14-7-4-5-10-16(14)20-17/h1-5,8-10,14,17-18H,6-7,11-13H2. The van der Waals surface area contributed by atoms with Crippen LogP contribution in [-0.2, 0) is 4.74 Å². The van der Waals surface area contributed by atoms with Crippen molar-refractivity contribution in [3.63, 3.8) is 0 Å². The number of hydrogen-bond acceptors (Lipinski definition) is 3. The summed E-state index contributed by atoms with van der Waals surface area (Å²) in [7, 11) is 0. The Hall–Kier alpha value is -1.74. The van der Waals surface area contributed by atoms with Crippen LogP contribution in [0.1, 0.15) is 19.3 Å². The first-order chi connectivity index (χ1) is 9.92. The van der Waals surface area contributed by atoms with E-state index in [0.717, 1.165) is 43.9 Å². The van der Waals surface area contributed by atoms with Gasteiger partial charge in [-0.25, -0.2) is 0 Å². The molecule has 1 aliphatic carbocycles. The van der Waals surface area contributed by atoms with Gasteiger partial charge in [0, 0.05) is 18.9 Å². The topological polar surface area (TPSA) is 30.5 Å². The van der Waals surface area contributed by atoms with Crippen molar-refractivity contribution in [2.45, 2.75) is 25.5 Å². The van der Waals surface area contributed by atoms with Crippen LogP contribution < -0.4 is 10.1 Å². The van der Waals surface area contributed by atoms with Crippen molar-refractivity contribution in [1.82, 2.24) is 5.32 Å². The van der Waals surface area contributed by atoms with Crippen LogP contribution in [0.4, 0.5) is 0 Å². The minimum atomic E-state index is 0.169. The van der Waals surface area contributed by atoms with E-state index in [1.807, 2.05) is 30.3 Å². The van der Waals surface area contributed by atoms with E-state index >= 15 is 0 Å². The summed E-state index contributed by atoms with van der Waals surface area (Å²) in [4.78, 5) is 0. The lowest BCUT2D eigenvalue weighted by atomic mass is 9.97. The average Bonchev–Trinajstić information content (AvgIpc) is 2.90. The summed E-state index contributed by atoms with van der Waals surface area (Å²) in [5, 5.41) is 3.45. The second-order valence-corrected chi connectivity index (χ2v) is 5.24. The molecule has 1 aromatic carbocycles. The van der Waals surface area contributed by atoms with E-state index in [-0.39, 0.29) is 6.23 Å². The third kappa shape index (κ3) is 3.42. The van der Waals surface area contributed by atoms with Gasteiger partial charge in [-0.05, 0) is 31.1 Å². The van der Waals surface area contributed by atoms with E-state index in [2.05, 4.69) is 23.5 Å². The van der Waals surface area contributed by atoms with Crippen molar-refractivity contribution < 1.29 is 9.47 Å². The zero-order valence-corrected chi connectivity index (χ0v) is 11.6. The van der Waals surface area contributed by atoms with Crippen LogP contribution >= 0.6 is 0 Å². The Labute approximate surface area is 120 Å². The Bertz CT molecular complexity index is 481. The van der Waals surface area contributed by atoms with Crippen molar-refractivity contribution in [2.75, 3.05) is 13.2 Å². The molecule has 0 bridgehead atoms. The molecule has 1 fully saturated rings. The molecular formula is C17H21NO2. The predicted octanol–water partition coefficient (Wildman–Crippen LogP) is 3.25. The van der Waals surface area contributed by atoms with Crippen LogP contribution in [-0.4, -0.2) is 19.4 Å². The summed E-state index contributed by atoms with van der Waals surface area (Å²) in [5.41, 5.74) is 0. The molecule has 0 saturated carbocycles. The molecule has 3 heteroatoms. The van der Waals surface area contributed by atoms with E-state index in [1.165, 1.54) is 0 Å². The number of hydrogen-bond donors (Lipinski definition) is 1. The molecule has 2 aliphatic rings. The monoisotopic (exact) mass is 271 g/mol. The van der Waals surface area contributed by atoms with Gasteiger partial charge in [0.25, 0.3) is 0 Å². The van der Waals surface area contributed by atoms with Crippen molar-refractivity contribution in [3.8, 4) is 5.75 Å². The van der Waals surface area contributed by atoms with Crippen LogP contribution in [0.3, 0.4) is 0 Å². The molecule has 20 heavy (non-hydrogen) atoms. The summed E-state index contributed by atoms with van der Waals surface area (Å²) in [6.45, 7) is 1.66. The molecule has 1 aliphatic heterocycles. The summed E-state index contributed by atoms with van der Waals surface area (Å²) < 4.78 is 11.6. The highest BCUT2D eigenvalue weighted by molar-refractivity contribution is 5.21. The van der Waals surface area contributed by atoms with Gasteiger partial charge in [0.1, 0.15) is 17.7 Å². The van der Waals surface area contributed by atoms with Gasteiger partial charge in [-0.3, -0.25) is 5.32 Å². The maximum Gasteiger partial charge on any atom is 0.150 e. The smallest absolute Gasteiger partial charge is 0.150 e. The van der Waals surface area contributed by atoms with Gasteiger partial charge < -0.3 is 9.47 Å². The van der Waals surface area contributed by atoms with Gasteiger partial charge in [0.2, 0.25) is 0 Å². The van der Waals surface area contributed by atoms with Crippen molar-refractivity contribution in [1.29, 1.82) is 0 Å². The van der Waals surface area contributed by atoms with Crippen LogP contribution in [0.2, 0.25) is 0 Å². The highest BCUT2D eigenvalue weighted by Gasteiger charge is 2.30. The molecule has 1 aromatic rings. The van der Waals surface area contributed by atoms with E-state index < -0.39 is 0 Å². The predicted molar refractivity (Wildman–Crippen MR) is 79.4 cm³/mol. The summed E-state index contributed by atoms with van der Waals surface area (Å²) in [6, 6.07) is 9.94. The third-order valence-electron chi connectivity index (χ3n) is 3.70. The fraction of sp³-hybridized carbons (Fsp3) is 0.412. The van der Waals surface area contributed by atoms with E-state index in [1.54, 1.807) is 0 Å². The molecule has 1 saturated heterocycles. The molecule has 0 spiro atoms. The number of ether oxygens (including phenoxy) is 2. The van der Waals surface area contributed by atoms with Gasteiger partial charge in [-0.1, -0.05) is 30.4 Å². The molecule has 0 amide bonds. The lowest BCUT2D eigenvalue weighted by molar-refractivity contribution is 0.125. The number of benzene rings is 1. The molecular weight excluding hydrogens is 250 g/mol. The van der Waals surface area contributed by atoms with Crippen LogP contribution in [0.5, 0.6) is 5.75 Å². The fourth-order valence-corrected chi connectivity index (χ4v) is 2.64. The molecule has 2 unspecified atom stereocenters. The number of nitrogens with one attached hydrogen (secondary N) is 1. The van der Waals surface area contributed by atoms with E-state index in [9.17, 15) is 0 Å². The Morgan fingerprint density at radius 1 is 1.25 bits per heavy atom. The van der Waals surface area contributed by atoms with Gasteiger partial charge >= 0.3 is 0 Å². The molecule has 2 atom stereocenters. The Kier molecular flexibility index (Phi) is 4.38. The van der Waals surface area contributed by atoms with E-state index in [0.29, 0.717) is 5.92 Å². The number of fused-ring (bicyclic) bond motifs is 1. The van der Waals surface area contributed by atoms with Crippen molar-refractivity contribution in [2.24, 2.45) is 5.92 Å². The van der Waals surface area contributed by atoms with Crippen LogP contribution in [0, 0.1) is 5.92 Å². The van der Waals surface area contributed by atoms with Crippen molar-refractivity contribution in [3.05, 3.63) is 54.3 Å². The second kappa shape index (κ2) is 6.62.